The van der Waals surface area contributed by atoms with Gasteiger partial charge in [-0.15, -0.1) is 0 Å². The number of H-pyrrole nitrogens is 1. The number of hydrogen-bond acceptors (Lipinski definition) is 4. The molecule has 6 nitrogen and oxygen atoms in total. The van der Waals surface area contributed by atoms with Crippen LogP contribution in [0, 0.1) is 0 Å². The Morgan fingerprint density at radius 2 is 2.18 bits per heavy atom. The Bertz CT molecular complexity index is 509. The van der Waals surface area contributed by atoms with Gasteiger partial charge in [0.25, 0.3) is 0 Å². The molecule has 0 aliphatic heterocycles. The standard InChI is InChI=1S/C11H12N4O2/c12-8(11(16)17)5-10-14-6-9(15-10)7-1-3-13-4-2-7/h1-4,6,8H,5,12H2,(H,14,15)(H,16,17). The SMILES string of the molecule is NC(Cc1ncc(-c2ccncc2)[nH]1)C(=O)O. The fraction of sp³-hybridized carbons (Fsp3) is 0.182. The van der Waals surface area contributed by atoms with Gasteiger partial charge >= 0.3 is 5.97 Å². The van der Waals surface area contributed by atoms with E-state index in [1.807, 2.05) is 12.1 Å². The highest BCUT2D eigenvalue weighted by Crippen LogP contribution is 2.15. The van der Waals surface area contributed by atoms with E-state index in [2.05, 4.69) is 15.0 Å². The third kappa shape index (κ3) is 2.67. The Morgan fingerprint density at radius 3 is 2.82 bits per heavy atom. The molecule has 0 fully saturated rings. The number of carboxylic acids is 1. The van der Waals surface area contributed by atoms with Gasteiger partial charge in [0.05, 0.1) is 11.9 Å². The van der Waals surface area contributed by atoms with Gasteiger partial charge in [-0.3, -0.25) is 9.78 Å². The first-order valence-electron chi connectivity index (χ1n) is 5.09. The molecular weight excluding hydrogens is 220 g/mol. The van der Waals surface area contributed by atoms with Crippen molar-refractivity contribution in [1.29, 1.82) is 0 Å². The second kappa shape index (κ2) is 4.75. The largest absolute Gasteiger partial charge is 0.480 e. The van der Waals surface area contributed by atoms with Crippen LogP contribution in [0.15, 0.2) is 30.7 Å². The number of rotatable bonds is 4. The molecule has 2 heterocycles. The van der Waals surface area contributed by atoms with Crippen LogP contribution in [-0.4, -0.2) is 32.1 Å². The van der Waals surface area contributed by atoms with Crippen LogP contribution >= 0.6 is 0 Å². The lowest BCUT2D eigenvalue weighted by Crippen LogP contribution is -2.32. The first-order chi connectivity index (χ1) is 8.16. The summed E-state index contributed by atoms with van der Waals surface area (Å²) < 4.78 is 0. The van der Waals surface area contributed by atoms with E-state index < -0.39 is 12.0 Å². The molecule has 4 N–H and O–H groups in total. The number of pyridine rings is 1. The van der Waals surface area contributed by atoms with Crippen molar-refractivity contribution in [2.75, 3.05) is 0 Å². The lowest BCUT2D eigenvalue weighted by Gasteiger charge is -2.02. The summed E-state index contributed by atoms with van der Waals surface area (Å²) in [7, 11) is 0. The van der Waals surface area contributed by atoms with Crippen LogP contribution < -0.4 is 5.73 Å². The second-order valence-corrected chi connectivity index (χ2v) is 3.63. The van der Waals surface area contributed by atoms with Gasteiger partial charge in [-0.25, -0.2) is 4.98 Å². The van der Waals surface area contributed by atoms with E-state index in [4.69, 9.17) is 10.8 Å². The minimum atomic E-state index is -1.04. The van der Waals surface area contributed by atoms with Crippen LogP contribution in [0.3, 0.4) is 0 Å². The minimum absolute atomic E-state index is 0.181. The van der Waals surface area contributed by atoms with E-state index >= 15 is 0 Å². The summed E-state index contributed by atoms with van der Waals surface area (Å²) in [5, 5.41) is 8.69. The van der Waals surface area contributed by atoms with Crippen LogP contribution in [0.1, 0.15) is 5.82 Å². The molecule has 88 valence electrons. The monoisotopic (exact) mass is 232 g/mol. The molecule has 2 aromatic rings. The number of aliphatic carboxylic acids is 1. The Hall–Kier alpha value is -2.21. The van der Waals surface area contributed by atoms with Crippen LogP contribution in [0.5, 0.6) is 0 Å². The molecule has 0 amide bonds. The Labute approximate surface area is 97.5 Å². The van der Waals surface area contributed by atoms with E-state index in [0.717, 1.165) is 11.3 Å². The Balaban J connectivity index is 2.14. The summed E-state index contributed by atoms with van der Waals surface area (Å²) >= 11 is 0. The highest BCUT2D eigenvalue weighted by atomic mass is 16.4. The normalized spacial score (nSPS) is 12.3. The fourth-order valence-electron chi connectivity index (χ4n) is 1.44. The summed E-state index contributed by atoms with van der Waals surface area (Å²) in [5.74, 6) is -0.474. The lowest BCUT2D eigenvalue weighted by atomic mass is 10.2. The van der Waals surface area contributed by atoms with Crippen molar-refractivity contribution in [3.8, 4) is 11.3 Å². The van der Waals surface area contributed by atoms with Crippen molar-refractivity contribution in [3.05, 3.63) is 36.5 Å². The molecule has 1 atom stereocenters. The van der Waals surface area contributed by atoms with E-state index in [1.165, 1.54) is 0 Å². The zero-order chi connectivity index (χ0) is 12.3. The summed E-state index contributed by atoms with van der Waals surface area (Å²) in [6.45, 7) is 0. The zero-order valence-electron chi connectivity index (χ0n) is 9.00. The van der Waals surface area contributed by atoms with Crippen molar-refractivity contribution in [2.24, 2.45) is 5.73 Å². The molecule has 0 aliphatic rings. The topological polar surface area (TPSA) is 105 Å². The predicted octanol–water partition coefficient (Wildman–Crippen LogP) is 0.426. The average molecular weight is 232 g/mol. The molecule has 1 unspecified atom stereocenters. The van der Waals surface area contributed by atoms with Gasteiger partial charge in [-0.05, 0) is 12.1 Å². The summed E-state index contributed by atoms with van der Waals surface area (Å²) in [6.07, 6.45) is 5.19. The van der Waals surface area contributed by atoms with Gasteiger partial charge in [-0.2, -0.15) is 0 Å². The first-order valence-corrected chi connectivity index (χ1v) is 5.09. The van der Waals surface area contributed by atoms with Gasteiger partial charge in [0, 0.05) is 24.4 Å². The molecule has 0 bridgehead atoms. The molecule has 0 saturated carbocycles. The van der Waals surface area contributed by atoms with Crippen LogP contribution in [0.4, 0.5) is 0 Å². The lowest BCUT2D eigenvalue weighted by molar-refractivity contribution is -0.138. The number of nitrogens with zero attached hydrogens (tertiary/aromatic N) is 2. The van der Waals surface area contributed by atoms with Gasteiger partial charge in [-0.1, -0.05) is 0 Å². The number of aromatic nitrogens is 3. The molecule has 0 saturated heterocycles. The van der Waals surface area contributed by atoms with Crippen molar-refractivity contribution in [3.63, 3.8) is 0 Å². The third-order valence-electron chi connectivity index (χ3n) is 2.35. The maximum atomic E-state index is 10.6. The Kier molecular flexibility index (Phi) is 3.15. The molecule has 0 aliphatic carbocycles. The Morgan fingerprint density at radius 1 is 1.47 bits per heavy atom. The van der Waals surface area contributed by atoms with E-state index in [1.54, 1.807) is 18.6 Å². The summed E-state index contributed by atoms with van der Waals surface area (Å²) in [6, 6.07) is 2.74. The van der Waals surface area contributed by atoms with Crippen molar-refractivity contribution in [1.82, 2.24) is 15.0 Å². The number of nitrogens with one attached hydrogen (secondary N) is 1. The number of carboxylic acid groups (broad SMARTS) is 1. The van der Waals surface area contributed by atoms with Gasteiger partial charge in [0.15, 0.2) is 0 Å². The number of aromatic amines is 1. The molecular formula is C11H12N4O2. The highest BCUT2D eigenvalue weighted by molar-refractivity contribution is 5.73. The molecule has 0 spiro atoms. The van der Waals surface area contributed by atoms with Crippen molar-refractivity contribution >= 4 is 5.97 Å². The van der Waals surface area contributed by atoms with E-state index in [9.17, 15) is 4.79 Å². The van der Waals surface area contributed by atoms with E-state index in [-0.39, 0.29) is 6.42 Å². The maximum absolute atomic E-state index is 10.6. The molecule has 17 heavy (non-hydrogen) atoms. The highest BCUT2D eigenvalue weighted by Gasteiger charge is 2.14. The molecule has 0 radical (unpaired) electrons. The second-order valence-electron chi connectivity index (χ2n) is 3.63. The number of imidazole rings is 1. The zero-order valence-corrected chi connectivity index (χ0v) is 9.00. The molecule has 2 aromatic heterocycles. The van der Waals surface area contributed by atoms with Gasteiger partial charge < -0.3 is 15.8 Å². The fourth-order valence-corrected chi connectivity index (χ4v) is 1.44. The predicted molar refractivity (Wildman–Crippen MR) is 61.1 cm³/mol. The summed E-state index contributed by atoms with van der Waals surface area (Å²) in [4.78, 5) is 21.7. The number of nitrogens with two attached hydrogens (primary N) is 1. The van der Waals surface area contributed by atoms with Crippen LogP contribution in [-0.2, 0) is 11.2 Å². The van der Waals surface area contributed by atoms with Crippen LogP contribution in [0.25, 0.3) is 11.3 Å². The third-order valence-corrected chi connectivity index (χ3v) is 2.35. The first kappa shape index (κ1) is 11.3. The van der Waals surface area contributed by atoms with Crippen molar-refractivity contribution < 1.29 is 9.90 Å². The molecule has 2 rings (SSSR count). The number of carbonyl (C=O) groups is 1. The molecule has 6 heteroatoms. The molecule has 0 aromatic carbocycles. The van der Waals surface area contributed by atoms with Gasteiger partial charge in [0.2, 0.25) is 0 Å². The van der Waals surface area contributed by atoms with Crippen LogP contribution in [0.2, 0.25) is 0 Å². The quantitative estimate of drug-likeness (QED) is 0.708. The van der Waals surface area contributed by atoms with Gasteiger partial charge in [0.1, 0.15) is 11.9 Å². The smallest absolute Gasteiger partial charge is 0.320 e. The number of hydrogen-bond donors (Lipinski definition) is 3. The average Bonchev–Trinajstić information content (AvgIpc) is 2.78. The van der Waals surface area contributed by atoms with Crippen molar-refractivity contribution in [2.45, 2.75) is 12.5 Å². The minimum Gasteiger partial charge on any atom is -0.480 e. The maximum Gasteiger partial charge on any atom is 0.320 e. The summed E-state index contributed by atoms with van der Waals surface area (Å²) in [5.41, 5.74) is 7.19. The van der Waals surface area contributed by atoms with E-state index in [0.29, 0.717) is 5.82 Å².